The molecule has 0 saturated carbocycles. The van der Waals surface area contributed by atoms with E-state index in [9.17, 15) is 4.79 Å². The van der Waals surface area contributed by atoms with Crippen molar-refractivity contribution >= 4 is 5.97 Å². The van der Waals surface area contributed by atoms with Gasteiger partial charge in [0, 0.05) is 25.5 Å². The molecule has 0 bridgehead atoms. The third-order valence-corrected chi connectivity index (χ3v) is 2.38. The smallest absolute Gasteiger partial charge is 0.309 e. The molecule has 0 fully saturated rings. The number of carbonyl (C=O) groups is 1. The van der Waals surface area contributed by atoms with Crippen molar-refractivity contribution in [2.45, 2.75) is 19.9 Å². The maximum absolute atomic E-state index is 11.1. The molecular formula is C11H19N3O2. The lowest BCUT2D eigenvalue weighted by Crippen LogP contribution is -2.28. The van der Waals surface area contributed by atoms with Crippen LogP contribution in [0.15, 0.2) is 18.7 Å². The first-order valence-electron chi connectivity index (χ1n) is 5.48. The van der Waals surface area contributed by atoms with Gasteiger partial charge in [-0.3, -0.25) is 4.79 Å². The lowest BCUT2D eigenvalue weighted by Gasteiger charge is -2.10. The van der Waals surface area contributed by atoms with Crippen molar-refractivity contribution < 1.29 is 9.53 Å². The molecule has 0 radical (unpaired) electrons. The Morgan fingerprint density at radius 1 is 1.62 bits per heavy atom. The summed E-state index contributed by atoms with van der Waals surface area (Å²) in [5.41, 5.74) is 0. The third-order valence-electron chi connectivity index (χ3n) is 2.38. The second kappa shape index (κ2) is 7.00. The summed E-state index contributed by atoms with van der Waals surface area (Å²) in [6, 6.07) is 0. The standard InChI is InChI=1S/C11H19N3O2/c1-10(11(15)16-2)8-12-4-3-6-14-7-5-13-9-14/h5,7,9-10,12H,3-4,6,8H2,1-2H3/t10-/m1/s1. The monoisotopic (exact) mass is 225 g/mol. The summed E-state index contributed by atoms with van der Waals surface area (Å²) in [4.78, 5) is 15.1. The number of hydrogen-bond donors (Lipinski definition) is 1. The first-order chi connectivity index (χ1) is 7.74. The predicted octanol–water partition coefficient (Wildman–Crippen LogP) is 0.672. The van der Waals surface area contributed by atoms with Gasteiger partial charge in [0.2, 0.25) is 0 Å². The highest BCUT2D eigenvalue weighted by Crippen LogP contribution is 1.95. The summed E-state index contributed by atoms with van der Waals surface area (Å²) in [5.74, 6) is -0.250. The highest BCUT2D eigenvalue weighted by atomic mass is 16.5. The van der Waals surface area contributed by atoms with Gasteiger partial charge < -0.3 is 14.6 Å². The first-order valence-corrected chi connectivity index (χ1v) is 5.48. The van der Waals surface area contributed by atoms with Gasteiger partial charge in [-0.2, -0.15) is 0 Å². The highest BCUT2D eigenvalue weighted by molar-refractivity contribution is 5.71. The number of imidazole rings is 1. The Hall–Kier alpha value is -1.36. The van der Waals surface area contributed by atoms with Crippen molar-refractivity contribution in [3.05, 3.63) is 18.7 Å². The fraction of sp³-hybridized carbons (Fsp3) is 0.636. The molecule has 0 aromatic carbocycles. The molecule has 1 aromatic heterocycles. The summed E-state index contributed by atoms with van der Waals surface area (Å²) in [6.45, 7) is 4.35. The van der Waals surface area contributed by atoms with Gasteiger partial charge in [-0.05, 0) is 13.0 Å². The van der Waals surface area contributed by atoms with Crippen LogP contribution in [-0.4, -0.2) is 35.7 Å². The molecule has 16 heavy (non-hydrogen) atoms. The molecule has 1 heterocycles. The van der Waals surface area contributed by atoms with E-state index in [2.05, 4.69) is 15.0 Å². The van der Waals surface area contributed by atoms with E-state index in [1.54, 1.807) is 12.5 Å². The highest BCUT2D eigenvalue weighted by Gasteiger charge is 2.11. The fourth-order valence-corrected chi connectivity index (χ4v) is 1.41. The average molecular weight is 225 g/mol. The number of aryl methyl sites for hydroxylation is 1. The molecule has 0 unspecified atom stereocenters. The van der Waals surface area contributed by atoms with Crippen LogP contribution in [0.1, 0.15) is 13.3 Å². The van der Waals surface area contributed by atoms with Gasteiger partial charge in [-0.15, -0.1) is 0 Å². The SMILES string of the molecule is COC(=O)[C@H](C)CNCCCn1ccnc1. The normalized spacial score (nSPS) is 12.4. The van der Waals surface area contributed by atoms with Crippen molar-refractivity contribution in [3.8, 4) is 0 Å². The Balaban J connectivity index is 2.02. The second-order valence-electron chi connectivity index (χ2n) is 3.78. The molecule has 1 aromatic rings. The zero-order chi connectivity index (χ0) is 11.8. The molecule has 5 nitrogen and oxygen atoms in total. The molecule has 90 valence electrons. The van der Waals surface area contributed by atoms with E-state index in [1.807, 2.05) is 17.7 Å². The van der Waals surface area contributed by atoms with Gasteiger partial charge in [0.25, 0.3) is 0 Å². The number of ether oxygens (including phenoxy) is 1. The molecular weight excluding hydrogens is 206 g/mol. The van der Waals surface area contributed by atoms with Crippen LogP contribution < -0.4 is 5.32 Å². The van der Waals surface area contributed by atoms with E-state index in [1.165, 1.54) is 7.11 Å². The number of nitrogens with one attached hydrogen (secondary N) is 1. The molecule has 1 N–H and O–H groups in total. The molecule has 0 spiro atoms. The molecule has 1 rings (SSSR count). The molecule has 0 aliphatic carbocycles. The van der Waals surface area contributed by atoms with Crippen LogP contribution in [0.4, 0.5) is 0 Å². The lowest BCUT2D eigenvalue weighted by molar-refractivity contribution is -0.144. The Bertz CT molecular complexity index is 298. The Kier molecular flexibility index (Phi) is 5.56. The van der Waals surface area contributed by atoms with Gasteiger partial charge >= 0.3 is 5.97 Å². The van der Waals surface area contributed by atoms with Crippen LogP contribution in [-0.2, 0) is 16.1 Å². The number of esters is 1. The number of methoxy groups -OCH3 is 1. The fourth-order valence-electron chi connectivity index (χ4n) is 1.41. The third kappa shape index (κ3) is 4.44. The van der Waals surface area contributed by atoms with E-state index < -0.39 is 0 Å². The molecule has 0 aliphatic heterocycles. The van der Waals surface area contributed by atoms with E-state index in [4.69, 9.17) is 0 Å². The van der Waals surface area contributed by atoms with Gasteiger partial charge in [0.15, 0.2) is 0 Å². The maximum Gasteiger partial charge on any atom is 0.309 e. The van der Waals surface area contributed by atoms with Crippen LogP contribution in [0, 0.1) is 5.92 Å². The van der Waals surface area contributed by atoms with Crippen LogP contribution in [0.25, 0.3) is 0 Å². The van der Waals surface area contributed by atoms with E-state index in [0.29, 0.717) is 6.54 Å². The quantitative estimate of drug-likeness (QED) is 0.547. The molecule has 5 heteroatoms. The predicted molar refractivity (Wildman–Crippen MR) is 60.9 cm³/mol. The Labute approximate surface area is 95.8 Å². The van der Waals surface area contributed by atoms with Crippen LogP contribution >= 0.6 is 0 Å². The minimum absolute atomic E-state index is 0.0850. The van der Waals surface area contributed by atoms with E-state index in [-0.39, 0.29) is 11.9 Å². The Morgan fingerprint density at radius 2 is 2.44 bits per heavy atom. The zero-order valence-corrected chi connectivity index (χ0v) is 9.85. The van der Waals surface area contributed by atoms with Crippen molar-refractivity contribution in [1.82, 2.24) is 14.9 Å². The number of hydrogen-bond acceptors (Lipinski definition) is 4. The molecule has 0 saturated heterocycles. The minimum atomic E-state index is -0.165. The molecule has 0 aliphatic rings. The van der Waals surface area contributed by atoms with Crippen molar-refractivity contribution in [2.24, 2.45) is 5.92 Å². The van der Waals surface area contributed by atoms with E-state index in [0.717, 1.165) is 19.5 Å². The summed E-state index contributed by atoms with van der Waals surface area (Å²) in [5, 5.41) is 3.23. The summed E-state index contributed by atoms with van der Waals surface area (Å²) in [7, 11) is 1.41. The van der Waals surface area contributed by atoms with Gasteiger partial charge in [0.1, 0.15) is 0 Å². The first kappa shape index (κ1) is 12.7. The van der Waals surface area contributed by atoms with Crippen molar-refractivity contribution in [2.75, 3.05) is 20.2 Å². The second-order valence-corrected chi connectivity index (χ2v) is 3.78. The summed E-state index contributed by atoms with van der Waals surface area (Å²) in [6.07, 6.45) is 6.53. The number of nitrogens with zero attached hydrogens (tertiary/aromatic N) is 2. The summed E-state index contributed by atoms with van der Waals surface area (Å²) < 4.78 is 6.67. The van der Waals surface area contributed by atoms with Gasteiger partial charge in [-0.1, -0.05) is 6.92 Å². The van der Waals surface area contributed by atoms with E-state index >= 15 is 0 Å². The number of carbonyl (C=O) groups excluding carboxylic acids is 1. The van der Waals surface area contributed by atoms with Crippen molar-refractivity contribution in [1.29, 1.82) is 0 Å². The maximum atomic E-state index is 11.1. The van der Waals surface area contributed by atoms with Crippen molar-refractivity contribution in [3.63, 3.8) is 0 Å². The van der Waals surface area contributed by atoms with Crippen LogP contribution in [0.3, 0.4) is 0 Å². The topological polar surface area (TPSA) is 56.1 Å². The lowest BCUT2D eigenvalue weighted by atomic mass is 10.2. The van der Waals surface area contributed by atoms with Crippen LogP contribution in [0.2, 0.25) is 0 Å². The average Bonchev–Trinajstić information content (AvgIpc) is 2.80. The van der Waals surface area contributed by atoms with Gasteiger partial charge in [0.05, 0.1) is 19.4 Å². The van der Waals surface area contributed by atoms with Gasteiger partial charge in [-0.25, -0.2) is 4.98 Å². The molecule has 0 amide bonds. The summed E-state index contributed by atoms with van der Waals surface area (Å²) >= 11 is 0. The molecule has 1 atom stereocenters. The Morgan fingerprint density at radius 3 is 3.06 bits per heavy atom. The zero-order valence-electron chi connectivity index (χ0n) is 9.85. The largest absolute Gasteiger partial charge is 0.469 e. The van der Waals surface area contributed by atoms with Crippen LogP contribution in [0.5, 0.6) is 0 Å². The minimum Gasteiger partial charge on any atom is -0.469 e. The number of aromatic nitrogens is 2. The number of rotatable bonds is 7.